The molecule has 2 saturated carbocycles. The number of carbonyl (C=O) groups excluding carboxylic acids is 3. The molecule has 30 heavy (non-hydrogen) atoms. The second kappa shape index (κ2) is 8.50. The lowest BCUT2D eigenvalue weighted by Gasteiger charge is -2.30. The molecule has 4 N–H and O–H groups in total. The van der Waals surface area contributed by atoms with E-state index in [9.17, 15) is 19.5 Å². The molecule has 7 nitrogen and oxygen atoms in total. The van der Waals surface area contributed by atoms with Crippen LogP contribution in [0.25, 0.3) is 0 Å². The van der Waals surface area contributed by atoms with Crippen LogP contribution in [0.2, 0.25) is 0 Å². The molecule has 1 aromatic carbocycles. The minimum absolute atomic E-state index is 0.0321. The van der Waals surface area contributed by atoms with Crippen LogP contribution < -0.4 is 11.1 Å². The van der Waals surface area contributed by atoms with Crippen molar-refractivity contribution in [3.8, 4) is 0 Å². The Morgan fingerprint density at radius 2 is 1.73 bits per heavy atom. The second-order valence-corrected chi connectivity index (χ2v) is 8.70. The Labute approximate surface area is 176 Å². The highest BCUT2D eigenvalue weighted by Gasteiger charge is 2.44. The third-order valence-electron chi connectivity index (χ3n) is 6.93. The van der Waals surface area contributed by atoms with Crippen molar-refractivity contribution in [2.45, 2.75) is 62.9 Å². The molecular weight excluding hydrogens is 382 g/mol. The zero-order valence-corrected chi connectivity index (χ0v) is 17.0. The van der Waals surface area contributed by atoms with Crippen molar-refractivity contribution in [3.05, 3.63) is 47.2 Å². The molecular formula is C23H29N3O4. The molecule has 0 aromatic heterocycles. The zero-order chi connectivity index (χ0) is 21.3. The average molecular weight is 412 g/mol. The van der Waals surface area contributed by atoms with E-state index in [1.807, 2.05) is 6.07 Å². The van der Waals surface area contributed by atoms with Gasteiger partial charge in [0.1, 0.15) is 0 Å². The maximum Gasteiger partial charge on any atom is 0.289 e. The summed E-state index contributed by atoms with van der Waals surface area (Å²) in [4.78, 5) is 38.5. The third kappa shape index (κ3) is 3.93. The first-order valence-electron chi connectivity index (χ1n) is 10.8. The molecule has 2 fully saturated rings. The predicted octanol–water partition coefficient (Wildman–Crippen LogP) is 2.14. The van der Waals surface area contributed by atoms with Crippen molar-refractivity contribution in [2.75, 3.05) is 6.54 Å². The molecule has 0 spiro atoms. The lowest BCUT2D eigenvalue weighted by Crippen LogP contribution is -2.45. The summed E-state index contributed by atoms with van der Waals surface area (Å²) in [5.74, 6) is -1.81. The quantitative estimate of drug-likeness (QED) is 0.689. The molecule has 3 aliphatic rings. The van der Waals surface area contributed by atoms with Crippen LogP contribution in [-0.4, -0.2) is 46.4 Å². The Kier molecular flexibility index (Phi) is 5.79. The third-order valence-corrected chi connectivity index (χ3v) is 6.93. The molecule has 0 unspecified atom stereocenters. The van der Waals surface area contributed by atoms with Gasteiger partial charge in [0.2, 0.25) is 5.91 Å². The summed E-state index contributed by atoms with van der Waals surface area (Å²) in [6.07, 6.45) is 5.81. The van der Waals surface area contributed by atoms with Crippen LogP contribution in [0.15, 0.2) is 41.7 Å². The van der Waals surface area contributed by atoms with Crippen molar-refractivity contribution in [2.24, 2.45) is 11.7 Å². The van der Waals surface area contributed by atoms with E-state index in [0.29, 0.717) is 18.8 Å². The topological polar surface area (TPSA) is 113 Å². The number of amides is 3. The lowest BCUT2D eigenvalue weighted by atomic mass is 9.82. The Bertz CT molecular complexity index is 858. The van der Waals surface area contributed by atoms with E-state index in [-0.39, 0.29) is 30.1 Å². The van der Waals surface area contributed by atoms with Gasteiger partial charge in [-0.05, 0) is 50.0 Å². The normalized spacial score (nSPS) is 29.3. The number of hydrogen-bond donors (Lipinski definition) is 3. The summed E-state index contributed by atoms with van der Waals surface area (Å²) in [6, 6.07) is 10.1. The van der Waals surface area contributed by atoms with E-state index in [1.54, 1.807) is 0 Å². The Morgan fingerprint density at radius 3 is 2.40 bits per heavy atom. The fourth-order valence-electron chi connectivity index (χ4n) is 5.24. The molecule has 160 valence electrons. The molecule has 2 atom stereocenters. The van der Waals surface area contributed by atoms with Gasteiger partial charge < -0.3 is 21.1 Å². The fraction of sp³-hybridized carbons (Fsp3) is 0.522. The highest BCUT2D eigenvalue weighted by Crippen LogP contribution is 2.35. The summed E-state index contributed by atoms with van der Waals surface area (Å²) >= 11 is 0. The van der Waals surface area contributed by atoms with E-state index < -0.39 is 23.5 Å². The molecule has 1 aliphatic heterocycles. The molecule has 2 aliphatic carbocycles. The van der Waals surface area contributed by atoms with Crippen LogP contribution >= 0.6 is 0 Å². The molecule has 7 heteroatoms. The van der Waals surface area contributed by atoms with Gasteiger partial charge in [-0.15, -0.1) is 0 Å². The van der Waals surface area contributed by atoms with Crippen LogP contribution in [0.3, 0.4) is 0 Å². The SMILES string of the molecule is NC(=O)[C@@H]1CCC[C@@H]1N1CC(C(=O)N[C@H]2CC[C@H](c3ccccc3)CC2)=C(O)C1=O. The monoisotopic (exact) mass is 411 g/mol. The van der Waals surface area contributed by atoms with Gasteiger partial charge in [-0.3, -0.25) is 14.4 Å². The number of primary amides is 1. The van der Waals surface area contributed by atoms with Crippen molar-refractivity contribution < 1.29 is 19.5 Å². The van der Waals surface area contributed by atoms with Gasteiger partial charge in [0.05, 0.1) is 18.0 Å². The van der Waals surface area contributed by atoms with E-state index in [0.717, 1.165) is 32.1 Å². The number of nitrogens with zero attached hydrogens (tertiary/aromatic N) is 1. The fourth-order valence-corrected chi connectivity index (χ4v) is 5.24. The molecule has 3 amide bonds. The molecule has 1 aromatic rings. The summed E-state index contributed by atoms with van der Waals surface area (Å²) < 4.78 is 0. The summed E-state index contributed by atoms with van der Waals surface area (Å²) in [5.41, 5.74) is 6.91. The molecule has 0 radical (unpaired) electrons. The largest absolute Gasteiger partial charge is 0.503 e. The Balaban J connectivity index is 1.35. The maximum absolute atomic E-state index is 12.8. The maximum atomic E-state index is 12.8. The number of carbonyl (C=O) groups is 3. The van der Waals surface area contributed by atoms with Crippen molar-refractivity contribution in [1.29, 1.82) is 0 Å². The van der Waals surface area contributed by atoms with Gasteiger partial charge in [-0.2, -0.15) is 0 Å². The van der Waals surface area contributed by atoms with Gasteiger partial charge in [0, 0.05) is 12.1 Å². The van der Waals surface area contributed by atoms with Gasteiger partial charge >= 0.3 is 0 Å². The number of aliphatic hydroxyl groups is 1. The van der Waals surface area contributed by atoms with Crippen molar-refractivity contribution in [3.63, 3.8) is 0 Å². The standard InChI is InChI=1S/C23H29N3O4/c24-21(28)17-7-4-8-19(17)26-13-18(20(27)23(26)30)22(29)25-16-11-9-15(10-12-16)14-5-2-1-3-6-14/h1-3,5-6,15-17,19,27H,4,7-13H2,(H2,24,28)(H,25,29)/t15-,16-,17-,19+/m1/s1. The molecule has 0 saturated heterocycles. The minimum Gasteiger partial charge on any atom is -0.503 e. The average Bonchev–Trinajstić information content (AvgIpc) is 3.35. The van der Waals surface area contributed by atoms with Crippen LogP contribution in [-0.2, 0) is 14.4 Å². The summed E-state index contributed by atoms with van der Waals surface area (Å²) in [7, 11) is 0. The number of nitrogens with one attached hydrogen (secondary N) is 1. The summed E-state index contributed by atoms with van der Waals surface area (Å²) in [5, 5.41) is 13.3. The lowest BCUT2D eigenvalue weighted by molar-refractivity contribution is -0.132. The molecule has 0 bridgehead atoms. The minimum atomic E-state index is -0.578. The van der Waals surface area contributed by atoms with Crippen molar-refractivity contribution in [1.82, 2.24) is 10.2 Å². The first-order chi connectivity index (χ1) is 14.5. The second-order valence-electron chi connectivity index (χ2n) is 8.70. The van der Waals surface area contributed by atoms with E-state index >= 15 is 0 Å². The Morgan fingerprint density at radius 1 is 1.03 bits per heavy atom. The smallest absolute Gasteiger partial charge is 0.289 e. The number of hydrogen-bond acceptors (Lipinski definition) is 4. The first kappa shape index (κ1) is 20.4. The predicted molar refractivity (Wildman–Crippen MR) is 111 cm³/mol. The van der Waals surface area contributed by atoms with Gasteiger partial charge in [0.25, 0.3) is 11.8 Å². The summed E-state index contributed by atoms with van der Waals surface area (Å²) in [6.45, 7) is 0.0321. The number of rotatable bonds is 5. The molecule has 4 rings (SSSR count). The first-order valence-corrected chi connectivity index (χ1v) is 10.8. The van der Waals surface area contributed by atoms with Crippen molar-refractivity contribution >= 4 is 17.7 Å². The van der Waals surface area contributed by atoms with E-state index in [2.05, 4.69) is 29.6 Å². The van der Waals surface area contributed by atoms with Gasteiger partial charge in [-0.25, -0.2) is 0 Å². The number of aliphatic hydroxyl groups excluding tert-OH is 1. The van der Waals surface area contributed by atoms with Crippen LogP contribution in [0, 0.1) is 5.92 Å². The van der Waals surface area contributed by atoms with E-state index in [4.69, 9.17) is 5.73 Å². The van der Waals surface area contributed by atoms with Crippen LogP contribution in [0.5, 0.6) is 0 Å². The number of benzene rings is 1. The van der Waals surface area contributed by atoms with Crippen LogP contribution in [0.1, 0.15) is 56.4 Å². The molecule has 1 heterocycles. The highest BCUT2D eigenvalue weighted by molar-refractivity contribution is 6.07. The Hall–Kier alpha value is -2.83. The van der Waals surface area contributed by atoms with Gasteiger partial charge in [-0.1, -0.05) is 36.8 Å². The van der Waals surface area contributed by atoms with E-state index in [1.165, 1.54) is 10.5 Å². The van der Waals surface area contributed by atoms with Gasteiger partial charge in [0.15, 0.2) is 5.76 Å². The highest BCUT2D eigenvalue weighted by atomic mass is 16.3. The van der Waals surface area contributed by atoms with Crippen LogP contribution in [0.4, 0.5) is 0 Å². The zero-order valence-electron chi connectivity index (χ0n) is 17.0. The number of nitrogens with two attached hydrogens (primary N) is 1.